The fourth-order valence-electron chi connectivity index (χ4n) is 2.58. The van der Waals surface area contributed by atoms with Crippen molar-refractivity contribution in [1.82, 2.24) is 10.2 Å². The largest absolute Gasteiger partial charge is 0.508 e. The van der Waals surface area contributed by atoms with Gasteiger partial charge in [-0.3, -0.25) is 4.90 Å². The first-order valence-corrected chi connectivity index (χ1v) is 6.49. The van der Waals surface area contributed by atoms with Gasteiger partial charge < -0.3 is 10.4 Å². The zero-order valence-electron chi connectivity index (χ0n) is 10.5. The van der Waals surface area contributed by atoms with Crippen LogP contribution < -0.4 is 5.32 Å². The molecule has 1 aliphatic rings. The van der Waals surface area contributed by atoms with Gasteiger partial charge in [0.2, 0.25) is 0 Å². The summed E-state index contributed by atoms with van der Waals surface area (Å²) in [6.07, 6.45) is 3.97. The number of nitrogens with zero attached hydrogens (tertiary/aromatic N) is 1. The average Bonchev–Trinajstić information content (AvgIpc) is 2.38. The molecule has 0 aliphatic carbocycles. The van der Waals surface area contributed by atoms with Gasteiger partial charge in [0, 0.05) is 12.6 Å². The smallest absolute Gasteiger partial charge is 0.115 e. The lowest BCUT2D eigenvalue weighted by Crippen LogP contribution is -2.38. The Morgan fingerprint density at radius 1 is 1.18 bits per heavy atom. The minimum Gasteiger partial charge on any atom is -0.508 e. The summed E-state index contributed by atoms with van der Waals surface area (Å²) in [5.41, 5.74) is 1.29. The van der Waals surface area contributed by atoms with Gasteiger partial charge in [0.1, 0.15) is 5.75 Å². The Hall–Kier alpha value is -1.06. The average molecular weight is 234 g/mol. The van der Waals surface area contributed by atoms with Crippen LogP contribution in [0.1, 0.15) is 30.9 Å². The van der Waals surface area contributed by atoms with Crippen LogP contribution in [-0.4, -0.2) is 36.7 Å². The highest BCUT2D eigenvalue weighted by Crippen LogP contribution is 2.25. The summed E-state index contributed by atoms with van der Waals surface area (Å²) >= 11 is 0. The highest BCUT2D eigenvalue weighted by molar-refractivity contribution is 5.28. The molecule has 0 radical (unpaired) electrons. The summed E-state index contributed by atoms with van der Waals surface area (Å²) in [6, 6.07) is 8.06. The third-order valence-corrected chi connectivity index (χ3v) is 3.51. The second-order valence-electron chi connectivity index (χ2n) is 4.76. The molecule has 1 fully saturated rings. The number of phenolic OH excluding ortho intramolecular Hbond substituents is 1. The maximum Gasteiger partial charge on any atom is 0.115 e. The second-order valence-corrected chi connectivity index (χ2v) is 4.76. The minimum atomic E-state index is 0.343. The predicted molar refractivity (Wildman–Crippen MR) is 70.2 cm³/mol. The molecule has 94 valence electrons. The Morgan fingerprint density at radius 3 is 2.41 bits per heavy atom. The van der Waals surface area contributed by atoms with Crippen molar-refractivity contribution >= 4 is 0 Å². The molecular formula is C14H22N2O. The van der Waals surface area contributed by atoms with Crippen molar-refractivity contribution in [1.29, 1.82) is 0 Å². The first-order valence-electron chi connectivity index (χ1n) is 6.49. The van der Waals surface area contributed by atoms with E-state index in [1.807, 2.05) is 19.2 Å². The summed E-state index contributed by atoms with van der Waals surface area (Å²) in [5.74, 6) is 0.343. The van der Waals surface area contributed by atoms with Gasteiger partial charge in [-0.25, -0.2) is 0 Å². The van der Waals surface area contributed by atoms with E-state index in [1.54, 1.807) is 12.1 Å². The van der Waals surface area contributed by atoms with Crippen LogP contribution >= 0.6 is 0 Å². The fraction of sp³-hybridized carbons (Fsp3) is 0.571. The van der Waals surface area contributed by atoms with Crippen LogP contribution in [0.15, 0.2) is 24.3 Å². The van der Waals surface area contributed by atoms with Gasteiger partial charge >= 0.3 is 0 Å². The zero-order valence-corrected chi connectivity index (χ0v) is 10.5. The van der Waals surface area contributed by atoms with E-state index in [-0.39, 0.29) is 0 Å². The van der Waals surface area contributed by atoms with Crippen LogP contribution in [0.25, 0.3) is 0 Å². The van der Waals surface area contributed by atoms with E-state index in [1.165, 1.54) is 37.9 Å². The van der Waals surface area contributed by atoms with E-state index in [0.29, 0.717) is 11.8 Å². The number of benzene rings is 1. The Balaban J connectivity index is 2.12. The molecule has 2 N–H and O–H groups in total. The monoisotopic (exact) mass is 234 g/mol. The number of hydrogen-bond donors (Lipinski definition) is 2. The van der Waals surface area contributed by atoms with E-state index < -0.39 is 0 Å². The first kappa shape index (κ1) is 12.4. The number of aromatic hydroxyl groups is 1. The van der Waals surface area contributed by atoms with Crippen LogP contribution in [-0.2, 0) is 0 Å². The van der Waals surface area contributed by atoms with Crippen molar-refractivity contribution in [2.75, 3.05) is 26.7 Å². The van der Waals surface area contributed by atoms with Gasteiger partial charge in [-0.05, 0) is 50.7 Å². The van der Waals surface area contributed by atoms with Crippen molar-refractivity contribution in [3.8, 4) is 5.75 Å². The molecule has 1 heterocycles. The Morgan fingerprint density at radius 2 is 1.82 bits per heavy atom. The molecule has 2 rings (SSSR count). The number of hydrogen-bond acceptors (Lipinski definition) is 3. The number of nitrogens with one attached hydrogen (secondary N) is 1. The number of rotatable bonds is 4. The highest BCUT2D eigenvalue weighted by Gasteiger charge is 2.21. The number of likely N-dealkylation sites (N-methyl/N-ethyl adjacent to an activating group) is 1. The maximum atomic E-state index is 9.35. The molecule has 1 saturated heterocycles. The molecule has 0 amide bonds. The number of likely N-dealkylation sites (tertiary alicyclic amines) is 1. The first-order chi connectivity index (χ1) is 8.31. The quantitative estimate of drug-likeness (QED) is 0.838. The minimum absolute atomic E-state index is 0.343. The van der Waals surface area contributed by atoms with E-state index >= 15 is 0 Å². The molecule has 1 aromatic rings. The molecule has 3 heteroatoms. The SMILES string of the molecule is CNCC(c1ccc(O)cc1)N1CCCCC1. The van der Waals surface area contributed by atoms with Crippen molar-refractivity contribution in [2.24, 2.45) is 0 Å². The molecule has 17 heavy (non-hydrogen) atoms. The molecule has 1 unspecified atom stereocenters. The Kier molecular flexibility index (Phi) is 4.40. The number of phenols is 1. The second kappa shape index (κ2) is 6.03. The van der Waals surface area contributed by atoms with Crippen LogP contribution in [0, 0.1) is 0 Å². The lowest BCUT2D eigenvalue weighted by Gasteiger charge is -2.34. The van der Waals surface area contributed by atoms with Gasteiger partial charge in [0.15, 0.2) is 0 Å². The molecule has 0 saturated carbocycles. The van der Waals surface area contributed by atoms with Crippen LogP contribution in [0.4, 0.5) is 0 Å². The maximum absolute atomic E-state index is 9.35. The van der Waals surface area contributed by atoms with Crippen LogP contribution in [0.3, 0.4) is 0 Å². The van der Waals surface area contributed by atoms with Crippen LogP contribution in [0.5, 0.6) is 5.75 Å². The summed E-state index contributed by atoms with van der Waals surface area (Å²) in [5, 5.41) is 12.6. The normalized spacial score (nSPS) is 19.1. The molecule has 1 aromatic carbocycles. The van der Waals surface area contributed by atoms with Crippen molar-refractivity contribution in [2.45, 2.75) is 25.3 Å². The lowest BCUT2D eigenvalue weighted by atomic mass is 10.0. The zero-order chi connectivity index (χ0) is 12.1. The van der Waals surface area contributed by atoms with E-state index in [9.17, 15) is 5.11 Å². The summed E-state index contributed by atoms with van der Waals surface area (Å²) in [4.78, 5) is 2.55. The predicted octanol–water partition coefficient (Wildman–Crippen LogP) is 2.14. The lowest BCUT2D eigenvalue weighted by molar-refractivity contribution is 0.162. The van der Waals surface area contributed by atoms with Gasteiger partial charge in [-0.2, -0.15) is 0 Å². The molecular weight excluding hydrogens is 212 g/mol. The summed E-state index contributed by atoms with van der Waals surface area (Å²) in [6.45, 7) is 3.34. The molecule has 0 bridgehead atoms. The van der Waals surface area contributed by atoms with E-state index in [0.717, 1.165) is 6.54 Å². The molecule has 0 spiro atoms. The summed E-state index contributed by atoms with van der Waals surface area (Å²) < 4.78 is 0. The fourth-order valence-corrected chi connectivity index (χ4v) is 2.58. The topological polar surface area (TPSA) is 35.5 Å². The standard InChI is InChI=1S/C14H22N2O/c1-15-11-14(16-9-3-2-4-10-16)12-5-7-13(17)8-6-12/h5-8,14-15,17H,2-4,9-11H2,1H3. The Labute approximate surface area is 103 Å². The van der Waals surface area contributed by atoms with Crippen molar-refractivity contribution < 1.29 is 5.11 Å². The number of piperidine rings is 1. The van der Waals surface area contributed by atoms with Gasteiger partial charge in [-0.15, -0.1) is 0 Å². The third kappa shape index (κ3) is 3.20. The van der Waals surface area contributed by atoms with E-state index in [2.05, 4.69) is 10.2 Å². The highest BCUT2D eigenvalue weighted by atomic mass is 16.3. The molecule has 3 nitrogen and oxygen atoms in total. The van der Waals surface area contributed by atoms with Crippen molar-refractivity contribution in [3.05, 3.63) is 29.8 Å². The van der Waals surface area contributed by atoms with Crippen LogP contribution in [0.2, 0.25) is 0 Å². The molecule has 1 atom stereocenters. The van der Waals surface area contributed by atoms with E-state index in [4.69, 9.17) is 0 Å². The van der Waals surface area contributed by atoms with Gasteiger partial charge in [0.25, 0.3) is 0 Å². The van der Waals surface area contributed by atoms with Gasteiger partial charge in [-0.1, -0.05) is 18.6 Å². The van der Waals surface area contributed by atoms with Gasteiger partial charge in [0.05, 0.1) is 0 Å². The Bertz CT molecular complexity index is 331. The summed E-state index contributed by atoms with van der Waals surface area (Å²) in [7, 11) is 2.00. The molecule has 1 aliphatic heterocycles. The molecule has 0 aromatic heterocycles. The third-order valence-electron chi connectivity index (χ3n) is 3.51. The van der Waals surface area contributed by atoms with Crippen molar-refractivity contribution in [3.63, 3.8) is 0 Å².